The molecule has 3 heterocycles. The quantitative estimate of drug-likeness (QED) is 0.352. The zero-order chi connectivity index (χ0) is 26.2. The zero-order valence-electron chi connectivity index (χ0n) is 21.3. The van der Waals surface area contributed by atoms with Gasteiger partial charge >= 0.3 is 6.01 Å². The molecule has 37 heavy (non-hydrogen) atoms. The average Bonchev–Trinajstić information content (AvgIpc) is 3.24. The van der Waals surface area contributed by atoms with E-state index in [1.807, 2.05) is 56.3 Å². The summed E-state index contributed by atoms with van der Waals surface area (Å²) < 4.78 is 11.9. The van der Waals surface area contributed by atoms with Crippen LogP contribution in [0.15, 0.2) is 54.6 Å². The van der Waals surface area contributed by atoms with Gasteiger partial charge in [-0.05, 0) is 50.2 Å². The van der Waals surface area contributed by atoms with Gasteiger partial charge in [0.15, 0.2) is 5.65 Å². The monoisotopic (exact) mass is 519 g/mol. The van der Waals surface area contributed by atoms with Crippen molar-refractivity contribution in [1.29, 1.82) is 0 Å². The summed E-state index contributed by atoms with van der Waals surface area (Å²) >= 11 is 6.60. The number of fused-ring (bicyclic) bond motifs is 1. The van der Waals surface area contributed by atoms with E-state index in [0.717, 1.165) is 36.4 Å². The fourth-order valence-electron chi connectivity index (χ4n) is 4.55. The highest BCUT2D eigenvalue weighted by atomic mass is 35.5. The number of rotatable bonds is 6. The van der Waals surface area contributed by atoms with Gasteiger partial charge in [0.1, 0.15) is 5.75 Å². The number of carbonyl (C=O) groups is 1. The Hall–Kier alpha value is -3.46. The smallest absolute Gasteiger partial charge is 0.301 e. The molecule has 0 spiro atoms. The molecule has 5 rings (SSSR count). The maximum absolute atomic E-state index is 11.5. The van der Waals surface area contributed by atoms with E-state index >= 15 is 0 Å². The van der Waals surface area contributed by atoms with Crippen molar-refractivity contribution < 1.29 is 14.3 Å². The van der Waals surface area contributed by atoms with E-state index < -0.39 is 5.54 Å². The first-order chi connectivity index (χ1) is 17.7. The Morgan fingerprint density at radius 1 is 1.16 bits per heavy atom. The van der Waals surface area contributed by atoms with Crippen LogP contribution in [0.1, 0.15) is 38.0 Å². The minimum absolute atomic E-state index is 0.0651. The molecule has 2 N–H and O–H groups in total. The second kappa shape index (κ2) is 10.1. The molecule has 1 amide bonds. The van der Waals surface area contributed by atoms with E-state index in [2.05, 4.69) is 39.4 Å². The number of nitrogens with zero attached hydrogens (tertiary/aromatic N) is 3. The number of benzene rings is 2. The van der Waals surface area contributed by atoms with Gasteiger partial charge in [0.2, 0.25) is 5.91 Å². The highest BCUT2D eigenvalue weighted by Crippen LogP contribution is 2.32. The van der Waals surface area contributed by atoms with Crippen molar-refractivity contribution >= 4 is 28.7 Å². The third-order valence-corrected chi connectivity index (χ3v) is 6.80. The number of halogens is 1. The fourth-order valence-corrected chi connectivity index (χ4v) is 4.81. The topological polar surface area (TPSA) is 92.4 Å². The Balaban J connectivity index is 1.34. The lowest BCUT2D eigenvalue weighted by molar-refractivity contribution is -0.120. The standard InChI is InChI=1S/C28H30ClN5O3/c1-17(35)33-28(2,3)20-9-11-21(12-10-20)37-27-30-23-15-22(29)25(31-26(23)32-27)19-7-5-18(6-8-19)24-16-34(4)13-14-36-24/h5-12,15,24H,13-14,16H2,1-4H3,(H,33,35)(H,30,31,32). The number of imidazole rings is 1. The van der Waals surface area contributed by atoms with Crippen LogP contribution in [-0.2, 0) is 15.1 Å². The Morgan fingerprint density at radius 2 is 1.89 bits per heavy atom. The average molecular weight is 520 g/mol. The summed E-state index contributed by atoms with van der Waals surface area (Å²) in [7, 11) is 2.11. The molecule has 9 heteroatoms. The number of amides is 1. The predicted octanol–water partition coefficient (Wildman–Crippen LogP) is 5.44. The van der Waals surface area contributed by atoms with Crippen LogP contribution < -0.4 is 10.1 Å². The predicted molar refractivity (Wildman–Crippen MR) is 144 cm³/mol. The maximum Gasteiger partial charge on any atom is 0.301 e. The first-order valence-electron chi connectivity index (χ1n) is 12.2. The van der Waals surface area contributed by atoms with Gasteiger partial charge in [0, 0.05) is 25.6 Å². The lowest BCUT2D eigenvalue weighted by Crippen LogP contribution is -2.39. The van der Waals surface area contributed by atoms with Crippen LogP contribution in [0.5, 0.6) is 11.8 Å². The van der Waals surface area contributed by atoms with Gasteiger partial charge in [0.25, 0.3) is 0 Å². The SMILES string of the molecule is CC(=O)NC(C)(C)c1ccc(Oc2nc3nc(-c4ccc(C5CN(C)CCO5)cc4)c(Cl)cc3[nH]2)cc1. The normalized spacial score (nSPS) is 16.6. The lowest BCUT2D eigenvalue weighted by atomic mass is 9.94. The summed E-state index contributed by atoms with van der Waals surface area (Å²) in [6, 6.07) is 17.8. The van der Waals surface area contributed by atoms with Crippen LogP contribution >= 0.6 is 11.6 Å². The van der Waals surface area contributed by atoms with Gasteiger partial charge in [-0.1, -0.05) is 48.0 Å². The van der Waals surface area contributed by atoms with Gasteiger partial charge in [-0.15, -0.1) is 0 Å². The van der Waals surface area contributed by atoms with E-state index in [1.165, 1.54) is 6.92 Å². The van der Waals surface area contributed by atoms with Crippen molar-refractivity contribution in [1.82, 2.24) is 25.2 Å². The summed E-state index contributed by atoms with van der Waals surface area (Å²) in [6.45, 7) is 7.96. The van der Waals surface area contributed by atoms with Crippen LogP contribution in [0.4, 0.5) is 0 Å². The molecule has 192 valence electrons. The lowest BCUT2D eigenvalue weighted by Gasteiger charge is -2.30. The van der Waals surface area contributed by atoms with Crippen molar-refractivity contribution in [3.05, 3.63) is 70.7 Å². The highest BCUT2D eigenvalue weighted by Gasteiger charge is 2.22. The summed E-state index contributed by atoms with van der Waals surface area (Å²) in [5, 5.41) is 3.46. The molecular weight excluding hydrogens is 490 g/mol. The Bertz CT molecular complexity index is 1420. The number of H-pyrrole nitrogens is 1. The molecule has 1 atom stereocenters. The van der Waals surface area contributed by atoms with Crippen molar-refractivity contribution in [2.24, 2.45) is 0 Å². The zero-order valence-corrected chi connectivity index (χ0v) is 22.1. The minimum atomic E-state index is -0.487. The molecule has 2 aromatic carbocycles. The number of ether oxygens (including phenoxy) is 2. The summed E-state index contributed by atoms with van der Waals surface area (Å²) in [4.78, 5) is 26.1. The van der Waals surface area contributed by atoms with Gasteiger partial charge in [-0.25, -0.2) is 4.98 Å². The number of aromatic amines is 1. The molecule has 0 saturated carbocycles. The van der Waals surface area contributed by atoms with Crippen molar-refractivity contribution in [3.8, 4) is 23.0 Å². The van der Waals surface area contributed by atoms with Crippen molar-refractivity contribution in [2.45, 2.75) is 32.4 Å². The van der Waals surface area contributed by atoms with E-state index in [4.69, 9.17) is 26.1 Å². The molecular formula is C28H30ClN5O3. The van der Waals surface area contributed by atoms with Gasteiger partial charge in [-0.3, -0.25) is 4.79 Å². The first-order valence-corrected chi connectivity index (χ1v) is 12.6. The number of hydrogen-bond donors (Lipinski definition) is 2. The second-order valence-corrected chi connectivity index (χ2v) is 10.3. The number of morpholine rings is 1. The molecule has 4 aromatic rings. The van der Waals surface area contributed by atoms with Crippen LogP contribution in [-0.4, -0.2) is 52.5 Å². The maximum atomic E-state index is 11.5. The van der Waals surface area contributed by atoms with Gasteiger partial charge in [-0.2, -0.15) is 4.98 Å². The minimum Gasteiger partial charge on any atom is -0.426 e. The molecule has 1 fully saturated rings. The molecule has 1 aliphatic heterocycles. The van der Waals surface area contributed by atoms with Crippen molar-refractivity contribution in [3.63, 3.8) is 0 Å². The Morgan fingerprint density at radius 3 is 2.57 bits per heavy atom. The number of hydrogen-bond acceptors (Lipinski definition) is 6. The Labute approximate surface area is 221 Å². The molecule has 0 bridgehead atoms. The fraction of sp³-hybridized carbons (Fsp3) is 0.321. The summed E-state index contributed by atoms with van der Waals surface area (Å²) in [6.07, 6.45) is 0.0651. The molecule has 0 radical (unpaired) electrons. The summed E-state index contributed by atoms with van der Waals surface area (Å²) in [5.74, 6) is 0.527. The van der Waals surface area contributed by atoms with Crippen LogP contribution in [0.25, 0.3) is 22.4 Å². The van der Waals surface area contributed by atoms with E-state index in [1.54, 1.807) is 0 Å². The number of pyridine rings is 1. The summed E-state index contributed by atoms with van der Waals surface area (Å²) in [5.41, 5.74) is 4.37. The molecule has 1 unspecified atom stereocenters. The molecule has 1 saturated heterocycles. The molecule has 0 aliphatic carbocycles. The van der Waals surface area contributed by atoms with E-state index in [9.17, 15) is 4.79 Å². The van der Waals surface area contributed by atoms with Crippen LogP contribution in [0.2, 0.25) is 5.02 Å². The largest absolute Gasteiger partial charge is 0.426 e. The molecule has 1 aliphatic rings. The number of likely N-dealkylation sites (N-methyl/N-ethyl adjacent to an activating group) is 1. The van der Waals surface area contributed by atoms with Gasteiger partial charge in [0.05, 0.1) is 34.5 Å². The molecule has 8 nitrogen and oxygen atoms in total. The number of carbonyl (C=O) groups excluding carboxylic acids is 1. The second-order valence-electron chi connectivity index (χ2n) is 9.91. The first kappa shape index (κ1) is 25.2. The van der Waals surface area contributed by atoms with E-state index in [0.29, 0.717) is 33.6 Å². The van der Waals surface area contributed by atoms with Crippen LogP contribution in [0.3, 0.4) is 0 Å². The third-order valence-electron chi connectivity index (χ3n) is 6.51. The molecule has 2 aromatic heterocycles. The van der Waals surface area contributed by atoms with Crippen molar-refractivity contribution in [2.75, 3.05) is 26.7 Å². The van der Waals surface area contributed by atoms with E-state index in [-0.39, 0.29) is 12.0 Å². The Kier molecular flexibility index (Phi) is 6.90. The van der Waals surface area contributed by atoms with Crippen LogP contribution in [0, 0.1) is 0 Å². The number of aromatic nitrogens is 3. The highest BCUT2D eigenvalue weighted by molar-refractivity contribution is 6.33. The third kappa shape index (κ3) is 5.61. The van der Waals surface area contributed by atoms with Gasteiger partial charge < -0.3 is 24.7 Å². The number of nitrogens with one attached hydrogen (secondary N) is 2.